The molecule has 1 amide bonds. The number of aromatic nitrogens is 2. The maximum absolute atomic E-state index is 10.8. The lowest BCUT2D eigenvalue weighted by molar-refractivity contribution is -0.118. The number of amides is 1. The molecule has 0 saturated carbocycles. The molecule has 104 valence electrons. The van der Waals surface area contributed by atoms with Crippen LogP contribution < -0.4 is 4.90 Å². The van der Waals surface area contributed by atoms with E-state index >= 15 is 0 Å². The summed E-state index contributed by atoms with van der Waals surface area (Å²) < 4.78 is 2.37. The highest BCUT2D eigenvalue weighted by Crippen LogP contribution is 2.30. The normalized spacial score (nSPS) is 18.6. The highest BCUT2D eigenvalue weighted by Gasteiger charge is 2.24. The number of aryl methyl sites for hydroxylation is 2. The number of nitrogens with zero attached hydrogens (tertiary/aromatic N) is 4. The van der Waals surface area contributed by atoms with Gasteiger partial charge in [0.05, 0.1) is 11.0 Å². The Bertz CT molecular complexity index is 655. The molecule has 0 atom stereocenters. The van der Waals surface area contributed by atoms with Gasteiger partial charge in [0.15, 0.2) is 0 Å². The summed E-state index contributed by atoms with van der Waals surface area (Å²) in [6.45, 7) is 4.38. The molecule has 0 spiro atoms. The summed E-state index contributed by atoms with van der Waals surface area (Å²) in [5.41, 5.74) is 3.83. The third kappa shape index (κ3) is 1.69. The van der Waals surface area contributed by atoms with E-state index in [2.05, 4.69) is 27.7 Å². The van der Waals surface area contributed by atoms with Gasteiger partial charge in [-0.15, -0.1) is 0 Å². The molecule has 4 rings (SSSR count). The van der Waals surface area contributed by atoms with Gasteiger partial charge in [0.1, 0.15) is 0 Å². The maximum Gasteiger partial charge on any atom is 0.209 e. The lowest BCUT2D eigenvalue weighted by atomic mass is 10.0. The Labute approximate surface area is 117 Å². The molecule has 0 unspecified atom stereocenters. The smallest absolute Gasteiger partial charge is 0.209 e. The summed E-state index contributed by atoms with van der Waals surface area (Å²) in [6, 6.07) is 6.42. The molecule has 0 aliphatic carbocycles. The van der Waals surface area contributed by atoms with Crippen LogP contribution in [-0.4, -0.2) is 47.0 Å². The van der Waals surface area contributed by atoms with Gasteiger partial charge < -0.3 is 14.4 Å². The first-order chi connectivity index (χ1) is 9.86. The molecule has 1 fully saturated rings. The average Bonchev–Trinajstić information content (AvgIpc) is 2.89. The van der Waals surface area contributed by atoms with Crippen LogP contribution >= 0.6 is 0 Å². The van der Waals surface area contributed by atoms with Crippen molar-refractivity contribution in [2.75, 3.05) is 31.1 Å². The third-order valence-electron chi connectivity index (χ3n) is 4.40. The van der Waals surface area contributed by atoms with E-state index in [4.69, 9.17) is 4.98 Å². The van der Waals surface area contributed by atoms with Crippen LogP contribution in [0.4, 0.5) is 5.95 Å². The van der Waals surface area contributed by atoms with Crippen LogP contribution in [0, 0.1) is 0 Å². The number of hydrogen-bond acceptors (Lipinski definition) is 3. The van der Waals surface area contributed by atoms with Gasteiger partial charge in [-0.05, 0) is 24.5 Å². The van der Waals surface area contributed by atoms with Gasteiger partial charge in [-0.1, -0.05) is 12.1 Å². The zero-order chi connectivity index (χ0) is 13.5. The van der Waals surface area contributed by atoms with Crippen LogP contribution in [-0.2, 0) is 17.8 Å². The number of rotatable bonds is 2. The van der Waals surface area contributed by atoms with Crippen LogP contribution in [0.3, 0.4) is 0 Å². The Balaban J connectivity index is 1.74. The molecule has 0 N–H and O–H groups in total. The fourth-order valence-electron chi connectivity index (χ4n) is 3.36. The fourth-order valence-corrected chi connectivity index (χ4v) is 3.36. The first kappa shape index (κ1) is 11.8. The maximum atomic E-state index is 10.8. The van der Waals surface area contributed by atoms with E-state index in [1.165, 1.54) is 17.5 Å². The molecular weight excluding hydrogens is 252 g/mol. The van der Waals surface area contributed by atoms with Crippen LogP contribution in [0.1, 0.15) is 12.0 Å². The van der Waals surface area contributed by atoms with Gasteiger partial charge in [0.25, 0.3) is 0 Å². The van der Waals surface area contributed by atoms with Crippen molar-refractivity contribution in [3.05, 3.63) is 23.8 Å². The molecule has 20 heavy (non-hydrogen) atoms. The van der Waals surface area contributed by atoms with E-state index in [0.717, 1.165) is 57.0 Å². The number of benzene rings is 1. The Morgan fingerprint density at radius 2 is 1.95 bits per heavy atom. The van der Waals surface area contributed by atoms with Crippen LogP contribution in [0.15, 0.2) is 18.2 Å². The molecule has 1 aromatic carbocycles. The molecule has 2 aliphatic heterocycles. The standard InChI is InChI=1S/C15H18N4O/c20-11-17-7-9-18(10-8-17)15-16-13-5-1-3-12-4-2-6-19(15)14(12)13/h1,3,5,11H,2,4,6-10H2. The Hall–Kier alpha value is -2.04. The largest absolute Gasteiger partial charge is 0.342 e. The van der Waals surface area contributed by atoms with Gasteiger partial charge >= 0.3 is 0 Å². The Morgan fingerprint density at radius 1 is 1.10 bits per heavy atom. The van der Waals surface area contributed by atoms with Gasteiger partial charge in [0, 0.05) is 32.7 Å². The van der Waals surface area contributed by atoms with Gasteiger partial charge in [-0.3, -0.25) is 4.79 Å². The lowest BCUT2D eigenvalue weighted by Crippen LogP contribution is -2.46. The summed E-state index contributed by atoms with van der Waals surface area (Å²) in [5.74, 6) is 1.08. The van der Waals surface area contributed by atoms with Crippen molar-refractivity contribution in [1.82, 2.24) is 14.5 Å². The molecule has 5 nitrogen and oxygen atoms in total. The zero-order valence-corrected chi connectivity index (χ0v) is 11.5. The van der Waals surface area contributed by atoms with Gasteiger partial charge in [-0.25, -0.2) is 4.98 Å². The highest BCUT2D eigenvalue weighted by atomic mass is 16.1. The molecule has 0 radical (unpaired) electrons. The molecular formula is C15H18N4O. The Kier molecular flexibility index (Phi) is 2.65. The van der Waals surface area contributed by atoms with E-state index in [1.807, 2.05) is 4.90 Å². The molecule has 0 bridgehead atoms. The second-order valence-electron chi connectivity index (χ2n) is 5.58. The number of piperazine rings is 1. The fraction of sp³-hybridized carbons (Fsp3) is 0.467. The van der Waals surface area contributed by atoms with Crippen LogP contribution in [0.2, 0.25) is 0 Å². The van der Waals surface area contributed by atoms with Crippen molar-refractivity contribution in [1.29, 1.82) is 0 Å². The number of anilines is 1. The monoisotopic (exact) mass is 270 g/mol. The van der Waals surface area contributed by atoms with Crippen LogP contribution in [0.25, 0.3) is 11.0 Å². The number of para-hydroxylation sites is 1. The van der Waals surface area contributed by atoms with Gasteiger partial charge in [-0.2, -0.15) is 0 Å². The highest BCUT2D eigenvalue weighted by molar-refractivity contribution is 5.83. The van der Waals surface area contributed by atoms with E-state index in [0.29, 0.717) is 0 Å². The van der Waals surface area contributed by atoms with Crippen molar-refractivity contribution >= 4 is 23.4 Å². The lowest BCUT2D eigenvalue weighted by Gasteiger charge is -2.33. The van der Waals surface area contributed by atoms with Crippen LogP contribution in [0.5, 0.6) is 0 Å². The Morgan fingerprint density at radius 3 is 2.75 bits per heavy atom. The summed E-state index contributed by atoms with van der Waals surface area (Å²) in [5, 5.41) is 0. The number of imidazole rings is 1. The summed E-state index contributed by atoms with van der Waals surface area (Å²) in [4.78, 5) is 19.8. The minimum Gasteiger partial charge on any atom is -0.342 e. The molecule has 3 heterocycles. The van der Waals surface area contributed by atoms with E-state index in [9.17, 15) is 4.79 Å². The molecule has 1 aromatic heterocycles. The van der Waals surface area contributed by atoms with Crippen molar-refractivity contribution < 1.29 is 4.79 Å². The first-order valence-corrected chi connectivity index (χ1v) is 7.29. The van der Waals surface area contributed by atoms with Crippen molar-refractivity contribution in [2.24, 2.45) is 0 Å². The first-order valence-electron chi connectivity index (χ1n) is 7.29. The van der Waals surface area contributed by atoms with Crippen molar-refractivity contribution in [3.8, 4) is 0 Å². The molecule has 2 aromatic rings. The topological polar surface area (TPSA) is 41.4 Å². The second kappa shape index (κ2) is 4.51. The van der Waals surface area contributed by atoms with Crippen molar-refractivity contribution in [3.63, 3.8) is 0 Å². The summed E-state index contributed by atoms with van der Waals surface area (Å²) in [6.07, 6.45) is 3.28. The number of carbonyl (C=O) groups excluding carboxylic acids is 1. The van der Waals surface area contributed by atoms with E-state index < -0.39 is 0 Å². The SMILES string of the molecule is O=CN1CCN(c2nc3cccc4c3n2CCC4)CC1. The zero-order valence-electron chi connectivity index (χ0n) is 11.5. The van der Waals surface area contributed by atoms with Crippen molar-refractivity contribution in [2.45, 2.75) is 19.4 Å². The predicted octanol–water partition coefficient (Wildman–Crippen LogP) is 1.26. The van der Waals surface area contributed by atoms with E-state index in [-0.39, 0.29) is 0 Å². The number of hydrogen-bond donors (Lipinski definition) is 0. The predicted molar refractivity (Wildman–Crippen MR) is 77.9 cm³/mol. The average molecular weight is 270 g/mol. The quantitative estimate of drug-likeness (QED) is 0.772. The number of carbonyl (C=O) groups is 1. The molecule has 2 aliphatic rings. The summed E-state index contributed by atoms with van der Waals surface area (Å²) in [7, 11) is 0. The second-order valence-corrected chi connectivity index (χ2v) is 5.58. The summed E-state index contributed by atoms with van der Waals surface area (Å²) >= 11 is 0. The molecule has 5 heteroatoms. The minimum atomic E-state index is 0.791. The molecule has 1 saturated heterocycles. The minimum absolute atomic E-state index is 0.791. The van der Waals surface area contributed by atoms with Gasteiger partial charge in [0.2, 0.25) is 12.4 Å². The third-order valence-corrected chi connectivity index (χ3v) is 4.40. The van der Waals surface area contributed by atoms with E-state index in [1.54, 1.807) is 0 Å².